The van der Waals surface area contributed by atoms with Gasteiger partial charge in [-0.05, 0) is 50.5 Å². The predicted molar refractivity (Wildman–Crippen MR) is 128 cm³/mol. The average Bonchev–Trinajstić information content (AvgIpc) is 2.82. The minimum absolute atomic E-state index is 0.0469. The molecule has 1 heterocycles. The van der Waals surface area contributed by atoms with Crippen molar-refractivity contribution in [2.45, 2.75) is 50.9 Å². The van der Waals surface area contributed by atoms with Crippen LogP contribution in [0.15, 0.2) is 54.6 Å². The molecule has 1 amide bonds. The van der Waals surface area contributed by atoms with Crippen molar-refractivity contribution in [1.82, 2.24) is 4.90 Å². The number of piperidine rings is 1. The smallest absolute Gasteiger partial charge is 0.410 e. The van der Waals surface area contributed by atoms with Gasteiger partial charge in [-0.15, -0.1) is 0 Å². The van der Waals surface area contributed by atoms with Gasteiger partial charge in [0.25, 0.3) is 0 Å². The van der Waals surface area contributed by atoms with E-state index in [1.807, 2.05) is 6.07 Å². The molecule has 0 aromatic heterocycles. The van der Waals surface area contributed by atoms with Gasteiger partial charge in [-0.1, -0.05) is 42.5 Å². The molecule has 0 aliphatic carbocycles. The summed E-state index contributed by atoms with van der Waals surface area (Å²) in [6.45, 7) is 5.90. The SMILES string of the molecule is CC(=O)OC(=O)[C@](O)(c1ccccc1)[C@@H]1CN(C(=O)OC(C)(C)C)CC[C@@]1(O)c1cccc(C#N)c1. The fraction of sp³-hybridized carbons (Fsp3) is 0.407. The number of likely N-dealkylation sites (tertiary alicyclic amines) is 1. The first kappa shape index (κ1) is 26.9. The van der Waals surface area contributed by atoms with Crippen LogP contribution in [0, 0.1) is 17.2 Å². The maximum atomic E-state index is 13.3. The van der Waals surface area contributed by atoms with E-state index in [1.165, 1.54) is 23.1 Å². The Balaban J connectivity index is 2.20. The molecule has 9 heteroatoms. The standard InChI is InChI=1S/C27H30N2O7/c1-18(30)35-23(31)27(34,20-10-6-5-7-11-20)22-17-29(24(32)36-25(2,3)4)14-13-26(22,33)21-12-8-9-19(15-21)16-28/h5-12,15,22,33-34H,13-14,17H2,1-4H3/t22-,26-,27+/m1/s1. The van der Waals surface area contributed by atoms with Gasteiger partial charge in [0.1, 0.15) is 5.60 Å². The summed E-state index contributed by atoms with van der Waals surface area (Å²) in [5, 5.41) is 33.5. The molecule has 2 N–H and O–H groups in total. The molecule has 0 radical (unpaired) electrons. The molecule has 0 bridgehead atoms. The number of nitrogens with zero attached hydrogens (tertiary/aromatic N) is 2. The summed E-state index contributed by atoms with van der Waals surface area (Å²) < 4.78 is 10.3. The first-order valence-corrected chi connectivity index (χ1v) is 11.5. The van der Waals surface area contributed by atoms with E-state index >= 15 is 0 Å². The zero-order valence-electron chi connectivity index (χ0n) is 20.7. The Hall–Kier alpha value is -3.74. The number of ether oxygens (including phenoxy) is 2. The number of benzene rings is 2. The van der Waals surface area contributed by atoms with Crippen molar-refractivity contribution in [2.75, 3.05) is 13.1 Å². The number of amides is 1. The summed E-state index contributed by atoms with van der Waals surface area (Å²) in [6, 6.07) is 16.0. The lowest BCUT2D eigenvalue weighted by Gasteiger charge is -2.50. The van der Waals surface area contributed by atoms with E-state index in [2.05, 4.69) is 0 Å². The molecule has 2 aromatic rings. The lowest BCUT2D eigenvalue weighted by Crippen LogP contribution is -2.62. The van der Waals surface area contributed by atoms with E-state index in [0.717, 1.165) is 6.92 Å². The number of hydrogen-bond acceptors (Lipinski definition) is 8. The maximum absolute atomic E-state index is 13.3. The van der Waals surface area contributed by atoms with Gasteiger partial charge in [0.05, 0.1) is 23.2 Å². The van der Waals surface area contributed by atoms with Crippen LogP contribution in [-0.2, 0) is 30.3 Å². The molecule has 0 spiro atoms. The molecule has 3 rings (SSSR count). The van der Waals surface area contributed by atoms with Gasteiger partial charge in [-0.25, -0.2) is 9.59 Å². The minimum Gasteiger partial charge on any atom is -0.444 e. The highest BCUT2D eigenvalue weighted by molar-refractivity contribution is 5.91. The van der Waals surface area contributed by atoms with Gasteiger partial charge in [0, 0.05) is 20.0 Å². The number of hydrogen-bond donors (Lipinski definition) is 2. The maximum Gasteiger partial charge on any atom is 0.410 e. The van der Waals surface area contributed by atoms with Gasteiger partial charge in [0.2, 0.25) is 0 Å². The van der Waals surface area contributed by atoms with Crippen molar-refractivity contribution in [3.8, 4) is 6.07 Å². The van der Waals surface area contributed by atoms with Crippen LogP contribution in [-0.4, -0.2) is 51.8 Å². The minimum atomic E-state index is -2.54. The number of carbonyl (C=O) groups is 3. The van der Waals surface area contributed by atoms with Crippen molar-refractivity contribution in [3.05, 3.63) is 71.3 Å². The number of esters is 2. The van der Waals surface area contributed by atoms with E-state index in [0.29, 0.717) is 0 Å². The van der Waals surface area contributed by atoms with Gasteiger partial charge in [-0.3, -0.25) is 4.79 Å². The molecular formula is C27H30N2O7. The van der Waals surface area contributed by atoms with Crippen LogP contribution < -0.4 is 0 Å². The van der Waals surface area contributed by atoms with Crippen molar-refractivity contribution >= 4 is 18.0 Å². The molecule has 190 valence electrons. The van der Waals surface area contributed by atoms with Crippen LogP contribution in [0.4, 0.5) is 4.79 Å². The number of nitriles is 1. The van der Waals surface area contributed by atoms with E-state index in [4.69, 9.17) is 9.47 Å². The Morgan fingerprint density at radius 3 is 2.36 bits per heavy atom. The Morgan fingerprint density at radius 1 is 1.11 bits per heavy atom. The lowest BCUT2D eigenvalue weighted by molar-refractivity contribution is -0.202. The number of rotatable bonds is 4. The van der Waals surface area contributed by atoms with Crippen LogP contribution in [0.3, 0.4) is 0 Å². The van der Waals surface area contributed by atoms with E-state index < -0.39 is 40.8 Å². The van der Waals surface area contributed by atoms with Crippen molar-refractivity contribution in [3.63, 3.8) is 0 Å². The quantitative estimate of drug-likeness (QED) is 0.489. The third kappa shape index (κ3) is 5.40. The van der Waals surface area contributed by atoms with Crippen LogP contribution >= 0.6 is 0 Å². The van der Waals surface area contributed by atoms with E-state index in [1.54, 1.807) is 57.2 Å². The fourth-order valence-corrected chi connectivity index (χ4v) is 4.48. The highest BCUT2D eigenvalue weighted by Crippen LogP contribution is 2.48. The molecule has 1 aliphatic heterocycles. The summed E-state index contributed by atoms with van der Waals surface area (Å²) in [5.41, 5.74) is -4.60. The topological polar surface area (TPSA) is 137 Å². The third-order valence-corrected chi connectivity index (χ3v) is 6.15. The van der Waals surface area contributed by atoms with Crippen LogP contribution in [0.1, 0.15) is 50.8 Å². The molecule has 3 atom stereocenters. The molecule has 9 nitrogen and oxygen atoms in total. The van der Waals surface area contributed by atoms with Gasteiger partial charge in [-0.2, -0.15) is 5.26 Å². The zero-order chi connectivity index (χ0) is 26.7. The molecule has 0 unspecified atom stereocenters. The van der Waals surface area contributed by atoms with Gasteiger partial charge in [0.15, 0.2) is 5.60 Å². The second-order valence-electron chi connectivity index (χ2n) is 9.86. The zero-order valence-corrected chi connectivity index (χ0v) is 20.7. The Bertz CT molecular complexity index is 1180. The molecular weight excluding hydrogens is 464 g/mol. The highest BCUT2D eigenvalue weighted by Gasteiger charge is 2.59. The Morgan fingerprint density at radius 2 is 1.78 bits per heavy atom. The van der Waals surface area contributed by atoms with E-state index in [9.17, 15) is 29.9 Å². The summed E-state index contributed by atoms with van der Waals surface area (Å²) in [5.74, 6) is -3.62. The number of aliphatic hydroxyl groups is 2. The van der Waals surface area contributed by atoms with Gasteiger partial charge < -0.3 is 24.6 Å². The largest absolute Gasteiger partial charge is 0.444 e. The fourth-order valence-electron chi connectivity index (χ4n) is 4.48. The molecule has 1 aliphatic rings. The van der Waals surface area contributed by atoms with Crippen LogP contribution in [0.25, 0.3) is 0 Å². The second-order valence-corrected chi connectivity index (χ2v) is 9.86. The predicted octanol–water partition coefficient (Wildman–Crippen LogP) is 2.98. The van der Waals surface area contributed by atoms with Crippen molar-refractivity contribution < 1.29 is 34.1 Å². The van der Waals surface area contributed by atoms with Crippen molar-refractivity contribution in [1.29, 1.82) is 5.26 Å². The number of carbonyl (C=O) groups excluding carboxylic acids is 3. The Kier molecular flexibility index (Phi) is 7.53. The summed E-state index contributed by atoms with van der Waals surface area (Å²) in [4.78, 5) is 39.3. The summed E-state index contributed by atoms with van der Waals surface area (Å²) in [7, 11) is 0. The molecule has 1 saturated heterocycles. The molecule has 36 heavy (non-hydrogen) atoms. The summed E-state index contributed by atoms with van der Waals surface area (Å²) >= 11 is 0. The van der Waals surface area contributed by atoms with Crippen LogP contribution in [0.2, 0.25) is 0 Å². The lowest BCUT2D eigenvalue weighted by atomic mass is 9.65. The Labute approximate surface area is 209 Å². The van der Waals surface area contributed by atoms with Crippen LogP contribution in [0.5, 0.6) is 0 Å². The average molecular weight is 495 g/mol. The van der Waals surface area contributed by atoms with Crippen molar-refractivity contribution in [2.24, 2.45) is 5.92 Å². The molecule has 2 aromatic carbocycles. The van der Waals surface area contributed by atoms with Gasteiger partial charge >= 0.3 is 18.0 Å². The normalized spacial score (nSPS) is 21.6. The van der Waals surface area contributed by atoms with E-state index in [-0.39, 0.29) is 36.2 Å². The highest BCUT2D eigenvalue weighted by atomic mass is 16.6. The molecule has 1 fully saturated rings. The first-order valence-electron chi connectivity index (χ1n) is 11.5. The third-order valence-electron chi connectivity index (χ3n) is 6.15. The monoisotopic (exact) mass is 494 g/mol. The molecule has 0 saturated carbocycles. The first-order chi connectivity index (χ1) is 16.8. The second kappa shape index (κ2) is 10.1. The summed E-state index contributed by atoms with van der Waals surface area (Å²) in [6.07, 6.45) is -0.774.